The number of aromatic nitrogens is 5. The zero-order valence-electron chi connectivity index (χ0n) is 9.54. The van der Waals surface area contributed by atoms with E-state index < -0.39 is 6.17 Å². The quantitative estimate of drug-likeness (QED) is 0.740. The molecule has 7 heteroatoms. The molecular weight excluding hydrogens is 237 g/mol. The van der Waals surface area contributed by atoms with Crippen LogP contribution in [0.4, 0.5) is 4.39 Å². The fourth-order valence-electron chi connectivity index (χ4n) is 1.73. The highest BCUT2D eigenvalue weighted by Gasteiger charge is 2.11. The Bertz CT molecular complexity index is 754. The van der Waals surface area contributed by atoms with Gasteiger partial charge >= 0.3 is 0 Å². The summed E-state index contributed by atoms with van der Waals surface area (Å²) >= 11 is 0. The number of halogens is 1. The Morgan fingerprint density at radius 3 is 2.94 bits per heavy atom. The maximum absolute atomic E-state index is 13.1. The van der Waals surface area contributed by atoms with Crippen LogP contribution in [0.2, 0.25) is 0 Å². The van der Waals surface area contributed by atoms with Crippen LogP contribution in [0.15, 0.2) is 35.6 Å². The number of fused-ring (bicyclic) bond motifs is 1. The first kappa shape index (κ1) is 10.7. The van der Waals surface area contributed by atoms with Crippen LogP contribution in [-0.2, 0) is 0 Å². The second-order valence-corrected chi connectivity index (χ2v) is 3.96. The van der Waals surface area contributed by atoms with Crippen molar-refractivity contribution in [3.63, 3.8) is 0 Å². The lowest BCUT2D eigenvalue weighted by Crippen LogP contribution is -2.07. The van der Waals surface area contributed by atoms with Gasteiger partial charge in [-0.15, -0.1) is 0 Å². The number of nitrogens with one attached hydrogen (secondary N) is 1. The van der Waals surface area contributed by atoms with Gasteiger partial charge in [0.25, 0.3) is 5.56 Å². The Morgan fingerprint density at radius 2 is 2.22 bits per heavy atom. The van der Waals surface area contributed by atoms with Gasteiger partial charge in [0.15, 0.2) is 5.65 Å². The Kier molecular flexibility index (Phi) is 2.26. The highest BCUT2D eigenvalue weighted by Crippen LogP contribution is 2.18. The van der Waals surface area contributed by atoms with Crippen molar-refractivity contribution in [1.29, 1.82) is 0 Å². The molecule has 0 aliphatic carbocycles. The van der Waals surface area contributed by atoms with Gasteiger partial charge in [-0.3, -0.25) is 4.79 Å². The zero-order chi connectivity index (χ0) is 12.7. The lowest BCUT2D eigenvalue weighted by atomic mass is 10.2. The Hall–Kier alpha value is -2.44. The minimum atomic E-state index is -1.08. The molecule has 1 atom stereocenters. The number of alkyl halides is 1. The highest BCUT2D eigenvalue weighted by molar-refractivity contribution is 5.57. The monoisotopic (exact) mass is 247 g/mol. The van der Waals surface area contributed by atoms with E-state index >= 15 is 0 Å². The Labute approximate surface area is 101 Å². The fourth-order valence-corrected chi connectivity index (χ4v) is 1.73. The predicted octanol–water partition coefficient (Wildman–Crippen LogP) is 1.24. The van der Waals surface area contributed by atoms with Gasteiger partial charge in [0, 0.05) is 24.0 Å². The molecule has 3 rings (SSSR count). The van der Waals surface area contributed by atoms with Crippen molar-refractivity contribution in [1.82, 2.24) is 24.4 Å². The van der Waals surface area contributed by atoms with Gasteiger partial charge in [0.2, 0.25) is 0 Å². The summed E-state index contributed by atoms with van der Waals surface area (Å²) < 4.78 is 16.1. The third kappa shape index (κ3) is 1.60. The van der Waals surface area contributed by atoms with E-state index in [1.165, 1.54) is 28.4 Å². The summed E-state index contributed by atoms with van der Waals surface area (Å²) in [5, 5.41) is 8.14. The summed E-state index contributed by atoms with van der Waals surface area (Å²) in [6.07, 6.45) is 5.06. The summed E-state index contributed by atoms with van der Waals surface area (Å²) in [6, 6.07) is 1.38. The van der Waals surface area contributed by atoms with Crippen LogP contribution in [0, 0.1) is 0 Å². The molecule has 1 N–H and O–H groups in total. The highest BCUT2D eigenvalue weighted by atomic mass is 19.1. The van der Waals surface area contributed by atoms with Crippen molar-refractivity contribution < 1.29 is 4.39 Å². The van der Waals surface area contributed by atoms with E-state index in [2.05, 4.69) is 15.2 Å². The number of nitrogens with zero attached hydrogens (tertiary/aromatic N) is 4. The molecule has 0 aliphatic rings. The van der Waals surface area contributed by atoms with Gasteiger partial charge in [-0.25, -0.2) is 13.6 Å². The smallest absolute Gasteiger partial charge is 0.251 e. The molecule has 0 saturated carbocycles. The summed E-state index contributed by atoms with van der Waals surface area (Å²) in [6.45, 7) is 1.44. The van der Waals surface area contributed by atoms with E-state index in [0.717, 1.165) is 0 Å². The molecule has 0 fully saturated rings. The molecule has 3 aromatic rings. The maximum Gasteiger partial charge on any atom is 0.251 e. The molecule has 1 unspecified atom stereocenters. The Morgan fingerprint density at radius 1 is 1.39 bits per heavy atom. The number of rotatable bonds is 2. The van der Waals surface area contributed by atoms with Gasteiger partial charge in [0.05, 0.1) is 12.4 Å². The molecule has 0 bridgehead atoms. The lowest BCUT2D eigenvalue weighted by Gasteiger charge is -1.98. The minimum absolute atomic E-state index is 0.226. The van der Waals surface area contributed by atoms with Gasteiger partial charge in [0.1, 0.15) is 11.9 Å². The second-order valence-electron chi connectivity index (χ2n) is 3.96. The van der Waals surface area contributed by atoms with Crippen LogP contribution >= 0.6 is 0 Å². The van der Waals surface area contributed by atoms with Crippen LogP contribution in [0.25, 0.3) is 11.3 Å². The molecule has 0 spiro atoms. The minimum Gasteiger partial charge on any atom is -0.305 e. The van der Waals surface area contributed by atoms with Crippen molar-refractivity contribution in [3.8, 4) is 5.69 Å². The summed E-state index contributed by atoms with van der Waals surface area (Å²) in [4.78, 5) is 14.0. The lowest BCUT2D eigenvalue weighted by molar-refractivity contribution is 0.374. The van der Waals surface area contributed by atoms with Crippen LogP contribution < -0.4 is 5.56 Å². The normalized spacial score (nSPS) is 13.0. The average Bonchev–Trinajstić information content (AvgIpc) is 2.93. The molecule has 3 aromatic heterocycles. The van der Waals surface area contributed by atoms with Crippen molar-refractivity contribution in [2.75, 3.05) is 0 Å². The fraction of sp³-hybridized carbons (Fsp3) is 0.182. The van der Waals surface area contributed by atoms with E-state index in [1.54, 1.807) is 18.6 Å². The Balaban J connectivity index is 2.18. The molecular formula is C11H10FN5O. The average molecular weight is 247 g/mol. The second kappa shape index (κ2) is 3.80. The maximum atomic E-state index is 13.1. The largest absolute Gasteiger partial charge is 0.305 e. The van der Waals surface area contributed by atoms with E-state index in [9.17, 15) is 9.18 Å². The predicted molar refractivity (Wildman–Crippen MR) is 62.5 cm³/mol. The van der Waals surface area contributed by atoms with Crippen LogP contribution in [0.1, 0.15) is 18.7 Å². The summed E-state index contributed by atoms with van der Waals surface area (Å²) in [7, 11) is 0. The molecule has 0 aliphatic heterocycles. The molecule has 3 heterocycles. The van der Waals surface area contributed by atoms with E-state index in [4.69, 9.17) is 0 Å². The molecule has 0 amide bonds. The first-order valence-corrected chi connectivity index (χ1v) is 5.41. The van der Waals surface area contributed by atoms with Crippen LogP contribution in [0.3, 0.4) is 0 Å². The van der Waals surface area contributed by atoms with E-state index in [0.29, 0.717) is 16.9 Å². The SMILES string of the molecule is CC(F)c1cnn(-c2cnn3ccc(=O)[nH]c23)c1. The number of hydrogen-bond acceptors (Lipinski definition) is 3. The summed E-state index contributed by atoms with van der Waals surface area (Å²) in [5.74, 6) is 0. The standard InChI is InChI=1S/C11H10FN5O/c1-7(12)8-4-13-17(6-8)9-5-14-16-3-2-10(18)15-11(9)16/h2-7H,1H3,(H,15,18). The first-order chi connectivity index (χ1) is 8.65. The summed E-state index contributed by atoms with van der Waals surface area (Å²) in [5.41, 5.74) is 1.37. The van der Waals surface area contributed by atoms with E-state index in [-0.39, 0.29) is 5.56 Å². The van der Waals surface area contributed by atoms with Crippen molar-refractivity contribution in [3.05, 3.63) is 46.8 Å². The first-order valence-electron chi connectivity index (χ1n) is 5.41. The van der Waals surface area contributed by atoms with Crippen LogP contribution in [-0.4, -0.2) is 24.4 Å². The topological polar surface area (TPSA) is 68.0 Å². The van der Waals surface area contributed by atoms with E-state index in [1.807, 2.05) is 0 Å². The molecule has 92 valence electrons. The van der Waals surface area contributed by atoms with Gasteiger partial charge in [-0.1, -0.05) is 0 Å². The third-order valence-corrected chi connectivity index (χ3v) is 2.69. The number of aromatic amines is 1. The zero-order valence-corrected chi connectivity index (χ0v) is 9.54. The number of hydrogen-bond donors (Lipinski definition) is 1. The van der Waals surface area contributed by atoms with Crippen molar-refractivity contribution in [2.45, 2.75) is 13.1 Å². The molecule has 18 heavy (non-hydrogen) atoms. The van der Waals surface area contributed by atoms with Gasteiger partial charge in [-0.2, -0.15) is 10.2 Å². The van der Waals surface area contributed by atoms with Crippen LogP contribution in [0.5, 0.6) is 0 Å². The number of H-pyrrole nitrogens is 1. The molecule has 0 aromatic carbocycles. The van der Waals surface area contributed by atoms with Gasteiger partial charge < -0.3 is 4.98 Å². The molecule has 0 radical (unpaired) electrons. The van der Waals surface area contributed by atoms with Crippen molar-refractivity contribution in [2.24, 2.45) is 0 Å². The third-order valence-electron chi connectivity index (χ3n) is 2.69. The van der Waals surface area contributed by atoms with Gasteiger partial charge in [-0.05, 0) is 6.92 Å². The van der Waals surface area contributed by atoms with Crippen molar-refractivity contribution >= 4 is 5.65 Å². The molecule has 6 nitrogen and oxygen atoms in total. The molecule has 0 saturated heterocycles.